The largest absolute Gasteiger partial charge is 0.409 e. The first-order valence-electron chi connectivity index (χ1n) is 5.63. The summed E-state index contributed by atoms with van der Waals surface area (Å²) in [7, 11) is 1.81. The maximum Gasteiger partial charge on any atom is 0.173 e. The van der Waals surface area contributed by atoms with Gasteiger partial charge in [-0.05, 0) is 32.9 Å². The SMILES string of the molecule is Cc1ccc(/C(N)=N/O)c(N(C)C(C)(C)CO)n1. The molecule has 0 unspecified atom stereocenters. The monoisotopic (exact) mass is 252 g/mol. The molecule has 6 heteroatoms. The topological polar surface area (TPSA) is 95.0 Å². The van der Waals surface area contributed by atoms with Gasteiger partial charge in [0.1, 0.15) is 5.82 Å². The molecule has 0 radical (unpaired) electrons. The summed E-state index contributed by atoms with van der Waals surface area (Å²) in [4.78, 5) is 6.21. The van der Waals surface area contributed by atoms with Crippen LogP contribution in [0.2, 0.25) is 0 Å². The van der Waals surface area contributed by atoms with Crippen molar-refractivity contribution in [1.29, 1.82) is 0 Å². The fourth-order valence-electron chi connectivity index (χ4n) is 1.45. The second kappa shape index (κ2) is 5.22. The average Bonchev–Trinajstić information content (AvgIpc) is 2.36. The van der Waals surface area contributed by atoms with Crippen LogP contribution in [0, 0.1) is 6.92 Å². The Morgan fingerprint density at radius 1 is 1.50 bits per heavy atom. The molecule has 0 fully saturated rings. The fourth-order valence-corrected chi connectivity index (χ4v) is 1.45. The van der Waals surface area contributed by atoms with Crippen molar-refractivity contribution in [2.75, 3.05) is 18.6 Å². The maximum absolute atomic E-state index is 9.40. The van der Waals surface area contributed by atoms with E-state index < -0.39 is 5.54 Å². The van der Waals surface area contributed by atoms with Gasteiger partial charge in [0.2, 0.25) is 0 Å². The molecule has 0 saturated carbocycles. The first kappa shape index (κ1) is 14.2. The molecule has 18 heavy (non-hydrogen) atoms. The summed E-state index contributed by atoms with van der Waals surface area (Å²) < 4.78 is 0. The molecule has 0 aliphatic rings. The van der Waals surface area contributed by atoms with E-state index in [1.165, 1.54) is 0 Å². The van der Waals surface area contributed by atoms with E-state index in [-0.39, 0.29) is 12.4 Å². The third kappa shape index (κ3) is 2.70. The smallest absolute Gasteiger partial charge is 0.173 e. The molecule has 0 atom stereocenters. The fraction of sp³-hybridized carbons (Fsp3) is 0.500. The Morgan fingerprint density at radius 3 is 2.61 bits per heavy atom. The van der Waals surface area contributed by atoms with Crippen LogP contribution in [0.5, 0.6) is 0 Å². The highest BCUT2D eigenvalue weighted by atomic mass is 16.4. The molecular weight excluding hydrogens is 232 g/mol. The predicted molar refractivity (Wildman–Crippen MR) is 71.1 cm³/mol. The first-order chi connectivity index (χ1) is 8.33. The molecule has 6 nitrogen and oxygen atoms in total. The third-order valence-corrected chi connectivity index (χ3v) is 3.01. The van der Waals surface area contributed by atoms with Gasteiger partial charge in [-0.15, -0.1) is 0 Å². The zero-order valence-corrected chi connectivity index (χ0v) is 11.2. The van der Waals surface area contributed by atoms with Gasteiger partial charge in [0.05, 0.1) is 17.7 Å². The predicted octanol–water partition coefficient (Wildman–Crippen LogP) is 0.692. The van der Waals surface area contributed by atoms with Gasteiger partial charge in [-0.25, -0.2) is 4.98 Å². The van der Waals surface area contributed by atoms with Crippen molar-refractivity contribution in [3.63, 3.8) is 0 Å². The van der Waals surface area contributed by atoms with Crippen molar-refractivity contribution >= 4 is 11.7 Å². The van der Waals surface area contributed by atoms with Gasteiger partial charge < -0.3 is 20.9 Å². The van der Waals surface area contributed by atoms with Crippen LogP contribution in [-0.2, 0) is 0 Å². The molecule has 1 rings (SSSR count). The summed E-state index contributed by atoms with van der Waals surface area (Å²) in [6.07, 6.45) is 0. The van der Waals surface area contributed by atoms with Crippen molar-refractivity contribution in [2.24, 2.45) is 10.9 Å². The minimum Gasteiger partial charge on any atom is -0.409 e. The van der Waals surface area contributed by atoms with Crippen molar-refractivity contribution < 1.29 is 10.3 Å². The number of aromatic nitrogens is 1. The third-order valence-electron chi connectivity index (χ3n) is 3.01. The Labute approximate surface area is 107 Å². The number of hydrogen-bond donors (Lipinski definition) is 3. The van der Waals surface area contributed by atoms with Crippen molar-refractivity contribution in [1.82, 2.24) is 4.98 Å². The van der Waals surface area contributed by atoms with Gasteiger partial charge in [-0.2, -0.15) is 0 Å². The molecule has 1 aromatic rings. The van der Waals surface area contributed by atoms with Gasteiger partial charge in [0.25, 0.3) is 0 Å². The molecule has 0 aliphatic heterocycles. The minimum atomic E-state index is -0.495. The molecular formula is C12H20N4O2. The number of rotatable bonds is 4. The summed E-state index contributed by atoms with van der Waals surface area (Å²) >= 11 is 0. The Morgan fingerprint density at radius 2 is 2.11 bits per heavy atom. The average molecular weight is 252 g/mol. The maximum atomic E-state index is 9.40. The molecule has 0 amide bonds. The summed E-state index contributed by atoms with van der Waals surface area (Å²) in [6, 6.07) is 3.54. The van der Waals surface area contributed by atoms with E-state index in [4.69, 9.17) is 10.9 Å². The summed E-state index contributed by atoms with van der Waals surface area (Å²) in [5.74, 6) is 0.572. The zero-order valence-electron chi connectivity index (χ0n) is 11.2. The molecule has 100 valence electrons. The highest BCUT2D eigenvalue weighted by molar-refractivity contribution is 6.01. The quantitative estimate of drug-likeness (QED) is 0.317. The lowest BCUT2D eigenvalue weighted by molar-refractivity contribution is 0.215. The number of pyridine rings is 1. The second-order valence-corrected chi connectivity index (χ2v) is 4.84. The lowest BCUT2D eigenvalue weighted by Crippen LogP contribution is -2.45. The summed E-state index contributed by atoms with van der Waals surface area (Å²) in [5, 5.41) is 21.2. The Hall–Kier alpha value is -1.82. The van der Waals surface area contributed by atoms with Crippen LogP contribution in [-0.4, -0.2) is 40.3 Å². The standard InChI is InChI=1S/C12H20N4O2/c1-8-5-6-9(10(13)15-18)11(14-8)16(4)12(2,3)7-17/h5-6,17-18H,7H2,1-4H3,(H2,13,15). The van der Waals surface area contributed by atoms with Crippen molar-refractivity contribution in [3.05, 3.63) is 23.4 Å². The molecule has 0 spiro atoms. The second-order valence-electron chi connectivity index (χ2n) is 4.84. The van der Waals surface area contributed by atoms with Crippen LogP contribution in [0.25, 0.3) is 0 Å². The number of nitrogens with two attached hydrogens (primary N) is 1. The van der Waals surface area contributed by atoms with Gasteiger partial charge >= 0.3 is 0 Å². The van der Waals surface area contributed by atoms with E-state index in [0.717, 1.165) is 5.69 Å². The van der Waals surface area contributed by atoms with Gasteiger partial charge in [-0.3, -0.25) is 0 Å². The number of hydrogen-bond acceptors (Lipinski definition) is 5. The van der Waals surface area contributed by atoms with E-state index in [0.29, 0.717) is 11.4 Å². The van der Waals surface area contributed by atoms with Gasteiger partial charge in [0.15, 0.2) is 5.84 Å². The van der Waals surface area contributed by atoms with Crippen LogP contribution in [0.15, 0.2) is 17.3 Å². The normalized spacial score (nSPS) is 12.6. The van der Waals surface area contributed by atoms with E-state index in [1.807, 2.05) is 32.7 Å². The molecule has 1 heterocycles. The van der Waals surface area contributed by atoms with E-state index >= 15 is 0 Å². The van der Waals surface area contributed by atoms with Crippen molar-refractivity contribution in [3.8, 4) is 0 Å². The number of aryl methyl sites for hydroxylation is 1. The molecule has 0 bridgehead atoms. The van der Waals surface area contributed by atoms with E-state index in [2.05, 4.69) is 10.1 Å². The first-order valence-corrected chi connectivity index (χ1v) is 5.63. The number of likely N-dealkylation sites (N-methyl/N-ethyl adjacent to an activating group) is 1. The van der Waals surface area contributed by atoms with Gasteiger partial charge in [0, 0.05) is 12.7 Å². The lowest BCUT2D eigenvalue weighted by Gasteiger charge is -2.36. The van der Waals surface area contributed by atoms with Gasteiger partial charge in [-0.1, -0.05) is 5.16 Å². The zero-order chi connectivity index (χ0) is 13.9. The van der Waals surface area contributed by atoms with E-state index in [1.54, 1.807) is 12.1 Å². The highest BCUT2D eigenvalue weighted by Gasteiger charge is 2.26. The number of amidine groups is 1. The summed E-state index contributed by atoms with van der Waals surface area (Å²) in [6.45, 7) is 5.59. The van der Waals surface area contributed by atoms with Crippen LogP contribution in [0.1, 0.15) is 25.1 Å². The van der Waals surface area contributed by atoms with Crippen LogP contribution in [0.4, 0.5) is 5.82 Å². The Balaban J connectivity index is 3.34. The Kier molecular flexibility index (Phi) is 4.13. The number of anilines is 1. The van der Waals surface area contributed by atoms with Crippen LogP contribution in [0.3, 0.4) is 0 Å². The van der Waals surface area contributed by atoms with Crippen LogP contribution < -0.4 is 10.6 Å². The number of aliphatic hydroxyl groups is 1. The number of aliphatic hydroxyl groups excluding tert-OH is 1. The minimum absolute atomic E-state index is 0.00177. The van der Waals surface area contributed by atoms with Crippen LogP contribution >= 0.6 is 0 Å². The molecule has 0 saturated heterocycles. The summed E-state index contributed by atoms with van der Waals surface area (Å²) in [5.41, 5.74) is 6.50. The van der Waals surface area contributed by atoms with Crippen molar-refractivity contribution in [2.45, 2.75) is 26.3 Å². The molecule has 4 N–H and O–H groups in total. The number of oxime groups is 1. The Bertz CT molecular complexity index is 457. The molecule has 0 aromatic carbocycles. The number of nitrogens with zero attached hydrogens (tertiary/aromatic N) is 3. The molecule has 1 aromatic heterocycles. The molecule has 0 aliphatic carbocycles. The highest BCUT2D eigenvalue weighted by Crippen LogP contribution is 2.24. The lowest BCUT2D eigenvalue weighted by atomic mass is 10.0. The van der Waals surface area contributed by atoms with E-state index in [9.17, 15) is 5.11 Å².